The van der Waals surface area contributed by atoms with E-state index < -0.39 is 5.82 Å². The highest BCUT2D eigenvalue weighted by molar-refractivity contribution is 7.99. The van der Waals surface area contributed by atoms with Crippen LogP contribution in [0.5, 0.6) is 5.75 Å². The molecular formula is C21H22ClFN4O2S. The molecule has 3 rings (SSSR count). The van der Waals surface area contributed by atoms with E-state index in [2.05, 4.69) is 15.5 Å². The molecule has 0 atom stereocenters. The second-order valence-corrected chi connectivity index (χ2v) is 7.70. The van der Waals surface area contributed by atoms with Crippen LogP contribution in [-0.4, -0.2) is 26.4 Å². The Morgan fingerprint density at radius 1 is 1.23 bits per heavy atom. The maximum Gasteiger partial charge on any atom is 0.234 e. The minimum atomic E-state index is -0.501. The minimum Gasteiger partial charge on any atom is -0.486 e. The van der Waals surface area contributed by atoms with Crippen molar-refractivity contribution in [2.75, 3.05) is 11.1 Å². The molecule has 0 unspecified atom stereocenters. The highest BCUT2D eigenvalue weighted by atomic mass is 35.5. The summed E-state index contributed by atoms with van der Waals surface area (Å²) >= 11 is 7.09. The first-order chi connectivity index (χ1) is 14.5. The molecule has 0 radical (unpaired) electrons. The molecular weight excluding hydrogens is 427 g/mol. The third-order valence-electron chi connectivity index (χ3n) is 4.37. The van der Waals surface area contributed by atoms with E-state index in [1.54, 1.807) is 0 Å². The van der Waals surface area contributed by atoms with E-state index in [1.165, 1.54) is 30.0 Å². The zero-order valence-corrected chi connectivity index (χ0v) is 18.3. The second kappa shape index (κ2) is 10.4. The Labute approximate surface area is 183 Å². The van der Waals surface area contributed by atoms with Crippen molar-refractivity contribution in [1.29, 1.82) is 0 Å². The Hall–Kier alpha value is -2.58. The van der Waals surface area contributed by atoms with Crippen LogP contribution in [0.3, 0.4) is 0 Å². The molecule has 3 aromatic rings. The third kappa shape index (κ3) is 5.52. The monoisotopic (exact) mass is 448 g/mol. The van der Waals surface area contributed by atoms with Crippen molar-refractivity contribution in [1.82, 2.24) is 14.8 Å². The fourth-order valence-corrected chi connectivity index (χ4v) is 3.82. The number of hydrogen-bond donors (Lipinski definition) is 1. The standard InChI is InChI=1S/C21H22ClFN4O2S/c1-3-14-7-5-6-8-18(14)24-20(28)13-30-21-26-25-19(27(21)4-2)12-29-15-9-10-17(23)16(22)11-15/h5-11H,3-4,12-13H2,1-2H3,(H,24,28). The lowest BCUT2D eigenvalue weighted by molar-refractivity contribution is -0.113. The van der Waals surface area contributed by atoms with Crippen LogP contribution in [0, 0.1) is 5.82 Å². The van der Waals surface area contributed by atoms with Crippen LogP contribution in [0.25, 0.3) is 0 Å². The summed E-state index contributed by atoms with van der Waals surface area (Å²) in [5.41, 5.74) is 1.92. The topological polar surface area (TPSA) is 69.0 Å². The first-order valence-corrected chi connectivity index (χ1v) is 10.9. The Morgan fingerprint density at radius 2 is 2.03 bits per heavy atom. The zero-order valence-electron chi connectivity index (χ0n) is 16.7. The van der Waals surface area contributed by atoms with Gasteiger partial charge in [0.05, 0.1) is 10.8 Å². The normalized spacial score (nSPS) is 10.8. The van der Waals surface area contributed by atoms with Crippen molar-refractivity contribution in [3.05, 3.63) is 64.7 Å². The second-order valence-electron chi connectivity index (χ2n) is 6.36. The molecule has 9 heteroatoms. The summed E-state index contributed by atoms with van der Waals surface area (Å²) in [5, 5.41) is 11.9. The molecule has 0 aliphatic carbocycles. The predicted molar refractivity (Wildman–Crippen MR) is 117 cm³/mol. The fraction of sp³-hybridized carbons (Fsp3) is 0.286. The number of halogens is 2. The highest BCUT2D eigenvalue weighted by Crippen LogP contribution is 2.23. The summed E-state index contributed by atoms with van der Waals surface area (Å²) in [7, 11) is 0. The average Bonchev–Trinajstić information content (AvgIpc) is 3.15. The smallest absolute Gasteiger partial charge is 0.234 e. The predicted octanol–water partition coefficient (Wildman–Crippen LogP) is 4.96. The molecule has 0 spiro atoms. The number of hydrogen-bond acceptors (Lipinski definition) is 5. The number of anilines is 1. The van der Waals surface area contributed by atoms with Crippen molar-refractivity contribution in [3.8, 4) is 5.75 Å². The first-order valence-electron chi connectivity index (χ1n) is 9.52. The molecule has 1 amide bonds. The highest BCUT2D eigenvalue weighted by Gasteiger charge is 2.14. The van der Waals surface area contributed by atoms with Crippen molar-refractivity contribution in [3.63, 3.8) is 0 Å². The Morgan fingerprint density at radius 3 is 2.77 bits per heavy atom. The lowest BCUT2D eigenvalue weighted by atomic mass is 10.1. The molecule has 1 aromatic heterocycles. The van der Waals surface area contributed by atoms with E-state index in [-0.39, 0.29) is 23.3 Å². The molecule has 30 heavy (non-hydrogen) atoms. The number of benzene rings is 2. The number of nitrogens with one attached hydrogen (secondary N) is 1. The molecule has 6 nitrogen and oxygen atoms in total. The quantitative estimate of drug-likeness (QED) is 0.468. The van der Waals surface area contributed by atoms with Gasteiger partial charge in [0.1, 0.15) is 18.2 Å². The number of thioether (sulfide) groups is 1. The van der Waals surface area contributed by atoms with Crippen molar-refractivity contribution in [2.24, 2.45) is 0 Å². The van der Waals surface area contributed by atoms with E-state index in [1.807, 2.05) is 42.7 Å². The fourth-order valence-electron chi connectivity index (χ4n) is 2.83. The van der Waals surface area contributed by atoms with Gasteiger partial charge in [0.25, 0.3) is 0 Å². The zero-order chi connectivity index (χ0) is 21.5. The number of aryl methyl sites for hydroxylation is 1. The maximum atomic E-state index is 13.3. The number of nitrogens with zero attached hydrogens (tertiary/aromatic N) is 3. The van der Waals surface area contributed by atoms with E-state index in [9.17, 15) is 9.18 Å². The Balaban J connectivity index is 1.59. The molecule has 1 heterocycles. The van der Waals surface area contributed by atoms with Crippen LogP contribution in [0.15, 0.2) is 47.6 Å². The lowest BCUT2D eigenvalue weighted by Gasteiger charge is -2.10. The number of carbonyl (C=O) groups excluding carboxylic acids is 1. The van der Waals surface area contributed by atoms with Gasteiger partial charge >= 0.3 is 0 Å². The molecule has 0 aliphatic heterocycles. The van der Waals surface area contributed by atoms with E-state index in [0.29, 0.717) is 23.3 Å². The SMILES string of the molecule is CCc1ccccc1NC(=O)CSc1nnc(COc2ccc(F)c(Cl)c2)n1CC. The molecule has 0 saturated carbocycles. The summed E-state index contributed by atoms with van der Waals surface area (Å²) in [5.74, 6) is 0.655. The van der Waals surface area contributed by atoms with Gasteiger partial charge < -0.3 is 14.6 Å². The van der Waals surface area contributed by atoms with Crippen molar-refractivity contribution < 1.29 is 13.9 Å². The summed E-state index contributed by atoms with van der Waals surface area (Å²) < 4.78 is 20.8. The maximum absolute atomic E-state index is 13.3. The van der Waals surface area contributed by atoms with Gasteiger partial charge in [-0.2, -0.15) is 0 Å². The summed E-state index contributed by atoms with van der Waals surface area (Å²) in [6, 6.07) is 11.9. The Kier molecular flexibility index (Phi) is 7.70. The number of para-hydroxylation sites is 1. The molecule has 0 aliphatic rings. The number of rotatable bonds is 9. The summed E-state index contributed by atoms with van der Waals surface area (Å²) in [6.07, 6.45) is 0.844. The van der Waals surface area contributed by atoms with Crippen molar-refractivity contribution >= 4 is 35.0 Å². The van der Waals surface area contributed by atoms with Crippen LogP contribution in [0.1, 0.15) is 25.2 Å². The number of ether oxygens (including phenoxy) is 1. The van der Waals surface area contributed by atoms with Gasteiger partial charge in [0.2, 0.25) is 5.91 Å². The lowest BCUT2D eigenvalue weighted by Crippen LogP contribution is -2.16. The average molecular weight is 449 g/mol. The number of carbonyl (C=O) groups is 1. The summed E-state index contributed by atoms with van der Waals surface area (Å²) in [4.78, 5) is 12.4. The van der Waals surface area contributed by atoms with Crippen LogP contribution < -0.4 is 10.1 Å². The van der Waals surface area contributed by atoms with Gasteiger partial charge in [-0.25, -0.2) is 4.39 Å². The first kappa shape index (κ1) is 22.1. The van der Waals surface area contributed by atoms with Gasteiger partial charge in [0, 0.05) is 18.3 Å². The number of aromatic nitrogens is 3. The molecule has 2 aromatic carbocycles. The molecule has 158 valence electrons. The van der Waals surface area contributed by atoms with Crippen LogP contribution in [-0.2, 0) is 24.4 Å². The minimum absolute atomic E-state index is 0.00337. The van der Waals surface area contributed by atoms with E-state index in [4.69, 9.17) is 16.3 Å². The largest absolute Gasteiger partial charge is 0.486 e. The van der Waals surface area contributed by atoms with Gasteiger partial charge in [-0.05, 0) is 37.1 Å². The van der Waals surface area contributed by atoms with Crippen LogP contribution in [0.4, 0.5) is 10.1 Å². The van der Waals surface area contributed by atoms with Crippen LogP contribution in [0.2, 0.25) is 5.02 Å². The Bertz CT molecular complexity index is 1030. The van der Waals surface area contributed by atoms with E-state index in [0.717, 1.165) is 17.7 Å². The molecule has 0 bridgehead atoms. The van der Waals surface area contributed by atoms with Gasteiger partial charge in [-0.3, -0.25) is 4.79 Å². The molecule has 0 saturated heterocycles. The number of amides is 1. The molecule has 1 N–H and O–H groups in total. The third-order valence-corrected chi connectivity index (χ3v) is 5.63. The summed E-state index contributed by atoms with van der Waals surface area (Å²) in [6.45, 7) is 4.79. The van der Waals surface area contributed by atoms with Crippen molar-refractivity contribution in [2.45, 2.75) is 38.6 Å². The molecule has 0 fully saturated rings. The van der Waals surface area contributed by atoms with Crippen LogP contribution >= 0.6 is 23.4 Å². The van der Waals surface area contributed by atoms with Gasteiger partial charge in [0.15, 0.2) is 11.0 Å². The van der Waals surface area contributed by atoms with E-state index >= 15 is 0 Å². The van der Waals surface area contributed by atoms with Gasteiger partial charge in [-0.15, -0.1) is 10.2 Å². The van der Waals surface area contributed by atoms with Gasteiger partial charge in [-0.1, -0.05) is 48.5 Å².